The van der Waals surface area contributed by atoms with Crippen molar-refractivity contribution in [2.45, 2.75) is 39.2 Å². The number of nitrogens with zero attached hydrogens (tertiary/aromatic N) is 1. The molecule has 0 saturated carbocycles. The maximum Gasteiger partial charge on any atom is 0.169 e. The lowest BCUT2D eigenvalue weighted by atomic mass is 10.0. The summed E-state index contributed by atoms with van der Waals surface area (Å²) in [5, 5.41) is 0.371. The first-order valence-electron chi connectivity index (χ1n) is 8.19. The number of benzene rings is 1. The zero-order chi connectivity index (χ0) is 17.5. The van der Waals surface area contributed by atoms with Crippen molar-refractivity contribution in [3.05, 3.63) is 52.8 Å². The van der Waals surface area contributed by atoms with Gasteiger partial charge in [0.1, 0.15) is 12.3 Å². The SMILES string of the molecule is CCCC[n+]1ccc(CCC(=O)c2cc(Cl)c(N)cc2OC)cc1. The van der Waals surface area contributed by atoms with Crippen LogP contribution in [-0.4, -0.2) is 12.9 Å². The number of nitrogen functional groups attached to an aromatic ring is 1. The predicted molar refractivity (Wildman–Crippen MR) is 96.6 cm³/mol. The van der Waals surface area contributed by atoms with Crippen molar-refractivity contribution in [3.8, 4) is 5.75 Å². The van der Waals surface area contributed by atoms with E-state index >= 15 is 0 Å². The summed E-state index contributed by atoms with van der Waals surface area (Å²) in [6.07, 6.45) is 7.55. The molecule has 0 aliphatic carbocycles. The molecule has 4 nitrogen and oxygen atoms in total. The number of carbonyl (C=O) groups excluding carboxylic acids is 1. The number of anilines is 1. The molecular weight excluding hydrogens is 324 g/mol. The molecule has 1 aromatic carbocycles. The van der Waals surface area contributed by atoms with Crippen LogP contribution in [0.4, 0.5) is 5.69 Å². The number of rotatable bonds is 8. The van der Waals surface area contributed by atoms with E-state index in [9.17, 15) is 4.79 Å². The predicted octanol–water partition coefficient (Wildman–Crippen LogP) is 3.83. The number of hydrogen-bond donors (Lipinski definition) is 1. The number of ketones is 1. The monoisotopic (exact) mass is 347 g/mol. The van der Waals surface area contributed by atoms with Gasteiger partial charge in [0.15, 0.2) is 18.2 Å². The zero-order valence-corrected chi connectivity index (χ0v) is 15.0. The van der Waals surface area contributed by atoms with Gasteiger partial charge in [-0.1, -0.05) is 24.9 Å². The molecule has 0 spiro atoms. The average Bonchev–Trinajstić information content (AvgIpc) is 2.60. The molecule has 0 atom stereocenters. The van der Waals surface area contributed by atoms with Crippen molar-refractivity contribution >= 4 is 23.1 Å². The Morgan fingerprint density at radius 1 is 1.29 bits per heavy atom. The van der Waals surface area contributed by atoms with E-state index in [-0.39, 0.29) is 5.78 Å². The second-order valence-corrected chi connectivity index (χ2v) is 6.20. The third-order valence-corrected chi connectivity index (χ3v) is 4.32. The van der Waals surface area contributed by atoms with E-state index < -0.39 is 0 Å². The second kappa shape index (κ2) is 8.69. The first kappa shape index (κ1) is 18.3. The summed E-state index contributed by atoms with van der Waals surface area (Å²) in [7, 11) is 1.52. The molecule has 2 rings (SSSR count). The van der Waals surface area contributed by atoms with Gasteiger partial charge in [0.2, 0.25) is 0 Å². The number of unbranched alkanes of at least 4 members (excludes halogenated alkanes) is 1. The van der Waals surface area contributed by atoms with Crippen molar-refractivity contribution in [3.63, 3.8) is 0 Å². The number of methoxy groups -OCH3 is 1. The van der Waals surface area contributed by atoms with Gasteiger partial charge in [0.25, 0.3) is 0 Å². The minimum Gasteiger partial charge on any atom is -0.496 e. The highest BCUT2D eigenvalue weighted by molar-refractivity contribution is 6.33. The molecule has 0 aliphatic rings. The highest BCUT2D eigenvalue weighted by atomic mass is 35.5. The number of halogens is 1. The number of nitrogens with two attached hydrogens (primary N) is 1. The second-order valence-electron chi connectivity index (χ2n) is 5.79. The topological polar surface area (TPSA) is 56.2 Å². The molecule has 0 fully saturated rings. The van der Waals surface area contributed by atoms with E-state index in [4.69, 9.17) is 22.1 Å². The van der Waals surface area contributed by atoms with Crippen LogP contribution in [0.3, 0.4) is 0 Å². The van der Waals surface area contributed by atoms with Crippen molar-refractivity contribution in [1.29, 1.82) is 0 Å². The number of aromatic nitrogens is 1. The first-order chi connectivity index (χ1) is 11.5. The highest BCUT2D eigenvalue weighted by Gasteiger charge is 2.15. The summed E-state index contributed by atoms with van der Waals surface area (Å²) in [5.74, 6) is 0.462. The fourth-order valence-electron chi connectivity index (χ4n) is 2.49. The maximum absolute atomic E-state index is 12.5. The van der Waals surface area contributed by atoms with E-state index in [2.05, 4.69) is 36.0 Å². The molecule has 5 heteroatoms. The summed E-state index contributed by atoms with van der Waals surface area (Å²) in [6.45, 7) is 3.20. The molecule has 24 heavy (non-hydrogen) atoms. The molecule has 0 aliphatic heterocycles. The molecule has 2 aromatic rings. The van der Waals surface area contributed by atoms with E-state index in [1.54, 1.807) is 12.1 Å². The molecule has 0 radical (unpaired) electrons. The molecule has 1 heterocycles. The van der Waals surface area contributed by atoms with Crippen LogP contribution < -0.4 is 15.0 Å². The van der Waals surface area contributed by atoms with Crippen LogP contribution in [0, 0.1) is 0 Å². The van der Waals surface area contributed by atoms with Gasteiger partial charge in [-0.3, -0.25) is 4.79 Å². The number of Topliss-reactive ketones (excluding diaryl/α,β-unsaturated/α-hetero) is 1. The zero-order valence-electron chi connectivity index (χ0n) is 14.2. The van der Waals surface area contributed by atoms with Crippen molar-refractivity contribution < 1.29 is 14.1 Å². The van der Waals surface area contributed by atoms with Crippen molar-refractivity contribution in [2.24, 2.45) is 0 Å². The Bertz CT molecular complexity index is 699. The van der Waals surface area contributed by atoms with Gasteiger partial charge in [-0.25, -0.2) is 4.57 Å². The Kier molecular flexibility index (Phi) is 6.62. The summed E-state index contributed by atoms with van der Waals surface area (Å²) in [5.41, 5.74) is 7.77. The standard InChI is InChI=1S/C19H23ClN2O2/c1-3-4-9-22-10-7-14(8-11-22)5-6-18(23)15-12-16(20)17(21)13-19(15)24-2/h7-8,10-13H,3-6,9H2,1-2H3,(H-,21,23)/p+1. The fraction of sp³-hybridized carbons (Fsp3) is 0.368. The van der Waals surface area contributed by atoms with Crippen molar-refractivity contribution in [1.82, 2.24) is 0 Å². The van der Waals surface area contributed by atoms with Crippen LogP contribution in [0.15, 0.2) is 36.7 Å². The molecule has 128 valence electrons. The number of ether oxygens (including phenoxy) is 1. The van der Waals surface area contributed by atoms with Crippen LogP contribution in [0.25, 0.3) is 0 Å². The van der Waals surface area contributed by atoms with Crippen LogP contribution in [0.5, 0.6) is 5.75 Å². The van der Waals surface area contributed by atoms with Crippen LogP contribution in [0.1, 0.15) is 42.1 Å². The molecule has 0 amide bonds. The van der Waals surface area contributed by atoms with Crippen molar-refractivity contribution in [2.75, 3.05) is 12.8 Å². The van der Waals surface area contributed by atoms with Crippen LogP contribution in [-0.2, 0) is 13.0 Å². The molecule has 2 N–H and O–H groups in total. The van der Waals surface area contributed by atoms with Crippen LogP contribution >= 0.6 is 11.6 Å². The Morgan fingerprint density at radius 3 is 2.62 bits per heavy atom. The molecule has 0 saturated heterocycles. The average molecular weight is 348 g/mol. The third-order valence-electron chi connectivity index (χ3n) is 3.99. The number of pyridine rings is 1. The Morgan fingerprint density at radius 2 is 2.00 bits per heavy atom. The lowest BCUT2D eigenvalue weighted by Gasteiger charge is -2.10. The first-order valence-corrected chi connectivity index (χ1v) is 8.57. The minimum atomic E-state index is -0.00328. The van der Waals surface area contributed by atoms with Gasteiger partial charge in [-0.2, -0.15) is 0 Å². The Balaban J connectivity index is 2.01. The maximum atomic E-state index is 12.5. The van der Waals surface area contributed by atoms with E-state index in [0.29, 0.717) is 34.9 Å². The van der Waals surface area contributed by atoms with Crippen LogP contribution in [0.2, 0.25) is 5.02 Å². The number of aryl methyl sites for hydroxylation is 2. The minimum absolute atomic E-state index is 0.00328. The lowest BCUT2D eigenvalue weighted by Crippen LogP contribution is -2.32. The van der Waals surface area contributed by atoms with E-state index in [0.717, 1.165) is 12.1 Å². The smallest absolute Gasteiger partial charge is 0.169 e. The molecule has 1 aromatic heterocycles. The van der Waals surface area contributed by atoms with E-state index in [1.165, 1.54) is 20.0 Å². The largest absolute Gasteiger partial charge is 0.496 e. The fourth-order valence-corrected chi connectivity index (χ4v) is 2.66. The van der Waals surface area contributed by atoms with Gasteiger partial charge in [-0.15, -0.1) is 0 Å². The van der Waals surface area contributed by atoms with Gasteiger partial charge in [0.05, 0.1) is 23.4 Å². The molecular formula is C19H24ClN2O2+. The Labute approximate surface area is 148 Å². The Hall–Kier alpha value is -2.07. The lowest BCUT2D eigenvalue weighted by molar-refractivity contribution is -0.697. The van der Waals surface area contributed by atoms with Gasteiger partial charge >= 0.3 is 0 Å². The molecule has 0 unspecified atom stereocenters. The van der Waals surface area contributed by atoms with Gasteiger partial charge in [-0.05, 0) is 18.1 Å². The van der Waals surface area contributed by atoms with Gasteiger partial charge in [0, 0.05) is 31.0 Å². The normalized spacial score (nSPS) is 10.6. The quantitative estimate of drug-likeness (QED) is 0.448. The summed E-state index contributed by atoms with van der Waals surface area (Å²) < 4.78 is 7.41. The highest BCUT2D eigenvalue weighted by Crippen LogP contribution is 2.29. The third kappa shape index (κ3) is 4.71. The molecule has 0 bridgehead atoms. The number of hydrogen-bond acceptors (Lipinski definition) is 3. The number of carbonyl (C=O) groups is 1. The van der Waals surface area contributed by atoms with E-state index in [1.807, 2.05) is 0 Å². The summed E-state index contributed by atoms with van der Waals surface area (Å²) in [4.78, 5) is 12.5. The summed E-state index contributed by atoms with van der Waals surface area (Å²) in [6, 6.07) is 7.31. The van der Waals surface area contributed by atoms with Gasteiger partial charge < -0.3 is 10.5 Å². The summed E-state index contributed by atoms with van der Waals surface area (Å²) >= 11 is 6.03.